The van der Waals surface area contributed by atoms with Crippen molar-refractivity contribution < 1.29 is 38.9 Å². The largest absolute Gasteiger partial charge is 0.506 e. The summed E-state index contributed by atoms with van der Waals surface area (Å²) in [5.41, 5.74) is 2.76. The van der Waals surface area contributed by atoms with E-state index >= 15 is 0 Å². The van der Waals surface area contributed by atoms with Gasteiger partial charge in [-0.2, -0.15) is 0 Å². The Labute approximate surface area is 229 Å². The molecule has 2 fully saturated rings. The second kappa shape index (κ2) is 11.3. The van der Waals surface area contributed by atoms with Gasteiger partial charge in [0.1, 0.15) is 11.9 Å². The zero-order chi connectivity index (χ0) is 28.4. The fourth-order valence-corrected chi connectivity index (χ4v) is 5.09. The maximum absolute atomic E-state index is 13.3. The third kappa shape index (κ3) is 5.60. The third-order valence-corrected chi connectivity index (χ3v) is 7.18. The van der Waals surface area contributed by atoms with E-state index < -0.39 is 36.3 Å². The lowest BCUT2D eigenvalue weighted by molar-refractivity contribution is -0.150. The number of hydrogen-bond acceptors (Lipinski definition) is 8. The molecule has 0 unspecified atom stereocenters. The molecule has 3 aliphatic heterocycles. The summed E-state index contributed by atoms with van der Waals surface area (Å²) in [5.74, 6) is -1.38. The van der Waals surface area contributed by atoms with Crippen LogP contribution < -0.4 is 15.5 Å². The van der Waals surface area contributed by atoms with Crippen LogP contribution in [-0.2, 0) is 25.6 Å². The molecular formula is C27H29N5O8. The predicted octanol–water partition coefficient (Wildman–Crippen LogP) is 1.15. The van der Waals surface area contributed by atoms with Gasteiger partial charge in [0.15, 0.2) is 12.2 Å². The summed E-state index contributed by atoms with van der Waals surface area (Å²) in [4.78, 5) is 52.9. The highest BCUT2D eigenvalue weighted by molar-refractivity contribution is 6.05. The molecule has 0 saturated carbocycles. The van der Waals surface area contributed by atoms with Gasteiger partial charge in [0.2, 0.25) is 0 Å². The number of hydrogen-bond donors (Lipinski definition) is 5. The number of aliphatic hydroxyl groups excluding tert-OH is 1. The van der Waals surface area contributed by atoms with Gasteiger partial charge in [-0.3, -0.25) is 19.8 Å². The zero-order valence-corrected chi connectivity index (χ0v) is 21.5. The zero-order valence-electron chi connectivity index (χ0n) is 21.5. The summed E-state index contributed by atoms with van der Waals surface area (Å²) in [5, 5.41) is 32.9. The van der Waals surface area contributed by atoms with Crippen molar-refractivity contribution in [2.24, 2.45) is 0 Å². The highest BCUT2D eigenvalue weighted by Gasteiger charge is 2.39. The number of carbonyl (C=O) groups is 4. The van der Waals surface area contributed by atoms with Gasteiger partial charge in [0.25, 0.3) is 17.7 Å². The minimum absolute atomic E-state index is 0.0721. The number of benzene rings is 2. The summed E-state index contributed by atoms with van der Waals surface area (Å²) in [6.45, 7) is 1.37. The smallest absolute Gasteiger partial charge is 0.450 e. The molecule has 2 aromatic carbocycles. The van der Waals surface area contributed by atoms with Gasteiger partial charge in [0, 0.05) is 61.5 Å². The molecule has 13 heteroatoms. The maximum Gasteiger partial charge on any atom is 0.506 e. The molecule has 3 heterocycles. The number of aliphatic hydroxyl groups is 1. The number of likely N-dealkylation sites (tertiary alicyclic amines) is 1. The number of amides is 3. The molecule has 0 radical (unpaired) electrons. The van der Waals surface area contributed by atoms with Crippen molar-refractivity contribution in [3.05, 3.63) is 59.2 Å². The molecule has 2 saturated heterocycles. The Hall–Kier alpha value is -4.49. The molecule has 5 N–H and O–H groups in total. The number of piperidine rings is 1. The van der Waals surface area contributed by atoms with Crippen LogP contribution in [0.2, 0.25) is 0 Å². The van der Waals surface area contributed by atoms with Gasteiger partial charge in [-0.05, 0) is 42.0 Å². The number of morpholine rings is 1. The average Bonchev–Trinajstić information content (AvgIpc) is 3.32. The minimum atomic E-state index is -1.78. The second-order valence-electron chi connectivity index (χ2n) is 9.74. The van der Waals surface area contributed by atoms with Crippen molar-refractivity contribution in [1.29, 1.82) is 5.41 Å². The molecule has 5 rings (SSSR count). The topological polar surface area (TPSA) is 182 Å². The lowest BCUT2D eigenvalue weighted by atomic mass is 10.1. The van der Waals surface area contributed by atoms with E-state index in [9.17, 15) is 24.3 Å². The quantitative estimate of drug-likeness (QED) is 0.329. The van der Waals surface area contributed by atoms with Crippen LogP contribution in [0, 0.1) is 5.41 Å². The van der Waals surface area contributed by atoms with Gasteiger partial charge >= 0.3 is 6.16 Å². The van der Waals surface area contributed by atoms with Crippen molar-refractivity contribution in [2.45, 2.75) is 37.7 Å². The highest BCUT2D eigenvalue weighted by atomic mass is 16.7. The maximum atomic E-state index is 13.3. The van der Waals surface area contributed by atoms with Crippen LogP contribution in [0.15, 0.2) is 42.5 Å². The molecule has 2 aromatic rings. The van der Waals surface area contributed by atoms with Gasteiger partial charge < -0.3 is 40.1 Å². The molecule has 3 aliphatic rings. The van der Waals surface area contributed by atoms with Gasteiger partial charge in [-0.25, -0.2) is 4.79 Å². The first-order valence-electron chi connectivity index (χ1n) is 12.9. The van der Waals surface area contributed by atoms with Crippen molar-refractivity contribution in [2.75, 3.05) is 36.5 Å². The van der Waals surface area contributed by atoms with Crippen LogP contribution in [0.3, 0.4) is 0 Å². The van der Waals surface area contributed by atoms with E-state index in [-0.39, 0.29) is 19.1 Å². The van der Waals surface area contributed by atoms with Crippen LogP contribution in [-0.4, -0.2) is 89.4 Å². The fraction of sp³-hybridized carbons (Fsp3) is 0.370. The second-order valence-corrected chi connectivity index (χ2v) is 9.74. The summed E-state index contributed by atoms with van der Waals surface area (Å²) in [6, 6.07) is 11.5. The third-order valence-electron chi connectivity index (χ3n) is 7.18. The van der Waals surface area contributed by atoms with Crippen LogP contribution in [0.1, 0.15) is 34.3 Å². The summed E-state index contributed by atoms with van der Waals surface area (Å²) < 4.78 is 10.3. The van der Waals surface area contributed by atoms with E-state index in [0.717, 1.165) is 11.1 Å². The number of ether oxygens (including phenoxy) is 2. The molecule has 0 aliphatic carbocycles. The van der Waals surface area contributed by atoms with E-state index in [1.807, 2.05) is 0 Å². The number of carboxylic acid groups (broad SMARTS) is 1. The summed E-state index contributed by atoms with van der Waals surface area (Å²) in [7, 11) is 0. The first kappa shape index (κ1) is 27.1. The van der Waals surface area contributed by atoms with E-state index in [1.165, 1.54) is 4.90 Å². The predicted molar refractivity (Wildman–Crippen MR) is 141 cm³/mol. The lowest BCUT2D eigenvalue weighted by Crippen LogP contribution is -2.55. The Balaban J connectivity index is 1.23. The Bertz CT molecular complexity index is 1360. The molecular weight excluding hydrogens is 522 g/mol. The fourth-order valence-electron chi connectivity index (χ4n) is 5.09. The monoisotopic (exact) mass is 551 g/mol. The van der Waals surface area contributed by atoms with Crippen LogP contribution in [0.5, 0.6) is 0 Å². The van der Waals surface area contributed by atoms with E-state index in [2.05, 4.69) is 10.6 Å². The number of anilines is 2. The highest BCUT2D eigenvalue weighted by Crippen LogP contribution is 2.25. The number of amidine groups is 1. The van der Waals surface area contributed by atoms with Crippen molar-refractivity contribution >= 4 is 41.1 Å². The number of nitrogens with zero attached hydrogens (tertiary/aromatic N) is 2. The molecule has 40 heavy (non-hydrogen) atoms. The number of rotatable bonds is 6. The summed E-state index contributed by atoms with van der Waals surface area (Å²) >= 11 is 0. The van der Waals surface area contributed by atoms with Crippen molar-refractivity contribution in [3.63, 3.8) is 0 Å². The standard InChI is InChI=1S/C27H29N5O8/c28-23-20-5-4-17(12-16(20)14-29-23)30-24(34)21(33)22-26(36)32(10-11-39-22)18-3-1-2-15(13-18)25(35)31-8-6-19(7-9-31)40-27(37)38/h1-5,12-13,19,21-22,33H,6-11,14H2,(H2,28,29)(H,30,34)(H,37,38)/t21-,22-/m1/s1. The van der Waals surface area contributed by atoms with E-state index in [1.54, 1.807) is 47.4 Å². The Kier molecular flexibility index (Phi) is 7.67. The van der Waals surface area contributed by atoms with Gasteiger partial charge in [-0.15, -0.1) is 0 Å². The first-order valence-corrected chi connectivity index (χ1v) is 12.9. The van der Waals surface area contributed by atoms with Gasteiger partial charge in [0.05, 0.1) is 6.61 Å². The molecule has 2 atom stereocenters. The number of fused-ring (bicyclic) bond motifs is 1. The lowest BCUT2D eigenvalue weighted by Gasteiger charge is -2.34. The van der Waals surface area contributed by atoms with E-state index in [4.69, 9.17) is 20.0 Å². The van der Waals surface area contributed by atoms with Crippen molar-refractivity contribution in [3.8, 4) is 0 Å². The van der Waals surface area contributed by atoms with Gasteiger partial charge in [-0.1, -0.05) is 6.07 Å². The molecule has 13 nitrogen and oxygen atoms in total. The number of carbonyl (C=O) groups excluding carboxylic acids is 3. The Morgan fingerprint density at radius 1 is 1.12 bits per heavy atom. The minimum Gasteiger partial charge on any atom is -0.450 e. The Morgan fingerprint density at radius 2 is 1.90 bits per heavy atom. The average molecular weight is 552 g/mol. The number of nitrogens with one attached hydrogen (secondary N) is 3. The molecule has 210 valence electrons. The van der Waals surface area contributed by atoms with Crippen LogP contribution in [0.4, 0.5) is 16.2 Å². The first-order chi connectivity index (χ1) is 19.2. The van der Waals surface area contributed by atoms with E-state index in [0.29, 0.717) is 55.2 Å². The molecule has 0 spiro atoms. The molecule has 0 bridgehead atoms. The van der Waals surface area contributed by atoms with Crippen molar-refractivity contribution in [1.82, 2.24) is 10.2 Å². The Morgan fingerprint density at radius 3 is 2.65 bits per heavy atom. The molecule has 0 aromatic heterocycles. The SMILES string of the molecule is N=C1NCc2cc(NC(=O)[C@H](O)[C@H]3OCCN(c4cccc(C(=O)N5CCC(OC(=O)O)CC5)c4)C3=O)ccc21. The summed E-state index contributed by atoms with van der Waals surface area (Å²) in [6.07, 6.45) is -4.21. The normalized spacial score (nSPS) is 20.0. The molecule has 3 amide bonds. The van der Waals surface area contributed by atoms with Crippen LogP contribution >= 0.6 is 0 Å². The van der Waals surface area contributed by atoms with Crippen LogP contribution in [0.25, 0.3) is 0 Å².